The van der Waals surface area contributed by atoms with E-state index in [1.54, 1.807) is 0 Å². The minimum atomic E-state index is -0.431. The van der Waals surface area contributed by atoms with Gasteiger partial charge in [0.05, 0.1) is 11.6 Å². The van der Waals surface area contributed by atoms with Crippen LogP contribution in [0.4, 0.5) is 4.79 Å². The number of rotatable bonds is 2. The summed E-state index contributed by atoms with van der Waals surface area (Å²) in [6.07, 6.45) is 6.11. The number of carbonyl (C=O) groups is 1. The van der Waals surface area contributed by atoms with Crippen molar-refractivity contribution < 1.29 is 15.0 Å². The lowest BCUT2D eigenvalue weighted by molar-refractivity contribution is -0.152. The van der Waals surface area contributed by atoms with Gasteiger partial charge in [-0.1, -0.05) is 0 Å². The van der Waals surface area contributed by atoms with Crippen molar-refractivity contribution in [1.82, 2.24) is 9.80 Å². The van der Waals surface area contributed by atoms with E-state index in [1.807, 2.05) is 4.90 Å². The summed E-state index contributed by atoms with van der Waals surface area (Å²) in [5, 5.41) is 20.3. The van der Waals surface area contributed by atoms with Gasteiger partial charge in [-0.25, -0.2) is 4.79 Å². The summed E-state index contributed by atoms with van der Waals surface area (Å²) in [6.45, 7) is 1.80. The normalized spacial score (nSPS) is 52.7. The molecule has 22 heavy (non-hydrogen) atoms. The topological polar surface area (TPSA) is 64.0 Å². The molecule has 0 radical (unpaired) electrons. The molecule has 2 aliphatic heterocycles. The van der Waals surface area contributed by atoms with Crippen molar-refractivity contribution in [2.24, 2.45) is 23.7 Å². The molecule has 5 nitrogen and oxygen atoms in total. The molecule has 0 aromatic carbocycles. The third-order valence-electron chi connectivity index (χ3n) is 7.35. The number of hydrogen-bond donors (Lipinski definition) is 2. The van der Waals surface area contributed by atoms with Gasteiger partial charge in [0.25, 0.3) is 0 Å². The van der Waals surface area contributed by atoms with Crippen molar-refractivity contribution in [3.63, 3.8) is 0 Å². The molecule has 2 heterocycles. The van der Waals surface area contributed by atoms with Gasteiger partial charge in [0, 0.05) is 31.7 Å². The average Bonchev–Trinajstić information content (AvgIpc) is 2.98. The number of amides is 2. The van der Waals surface area contributed by atoms with Gasteiger partial charge in [0.1, 0.15) is 0 Å². The van der Waals surface area contributed by atoms with Crippen LogP contribution in [0.5, 0.6) is 0 Å². The van der Waals surface area contributed by atoms with Crippen LogP contribution in [-0.2, 0) is 0 Å². The maximum atomic E-state index is 12.9. The molecule has 2 saturated heterocycles. The summed E-state index contributed by atoms with van der Waals surface area (Å²) < 4.78 is 0. The van der Waals surface area contributed by atoms with Gasteiger partial charge < -0.3 is 20.0 Å². The standard InChI is InChI=1S/C17H26N2O3/c20-9-11-1-2-18-14(11)8-19(16(18)21)15-12-3-10-4-13(15)7-17(22,5-10)6-12/h10-15,20,22H,1-9H2/t10?,11?,12?,13?,14-,15?,17?/m0/s1. The van der Waals surface area contributed by atoms with E-state index in [0.29, 0.717) is 23.8 Å². The van der Waals surface area contributed by atoms with Crippen LogP contribution in [0, 0.1) is 23.7 Å². The summed E-state index contributed by atoms with van der Waals surface area (Å²) in [4.78, 5) is 17.0. The largest absolute Gasteiger partial charge is 0.396 e. The molecule has 4 atom stereocenters. The van der Waals surface area contributed by atoms with Gasteiger partial charge in [0.2, 0.25) is 0 Å². The molecule has 0 spiro atoms. The van der Waals surface area contributed by atoms with Gasteiger partial charge in [-0.3, -0.25) is 0 Å². The second-order valence-corrected chi connectivity index (χ2v) is 8.61. The zero-order chi connectivity index (χ0) is 15.1. The number of aliphatic hydroxyl groups is 2. The Morgan fingerprint density at radius 1 is 1.14 bits per heavy atom. The van der Waals surface area contributed by atoms with Crippen molar-refractivity contribution >= 4 is 6.03 Å². The lowest BCUT2D eigenvalue weighted by Crippen LogP contribution is -2.62. The molecule has 122 valence electrons. The van der Waals surface area contributed by atoms with E-state index in [-0.39, 0.29) is 24.6 Å². The summed E-state index contributed by atoms with van der Waals surface area (Å²) in [5.74, 6) is 1.93. The van der Waals surface area contributed by atoms with E-state index in [1.165, 1.54) is 12.8 Å². The fraction of sp³-hybridized carbons (Fsp3) is 0.941. The molecule has 6 rings (SSSR count). The van der Waals surface area contributed by atoms with E-state index in [0.717, 1.165) is 38.8 Å². The molecular weight excluding hydrogens is 280 g/mol. The number of aliphatic hydroxyl groups excluding tert-OH is 1. The van der Waals surface area contributed by atoms with Crippen LogP contribution < -0.4 is 0 Å². The predicted octanol–water partition coefficient (Wildman–Crippen LogP) is 1.04. The van der Waals surface area contributed by atoms with Gasteiger partial charge in [-0.2, -0.15) is 0 Å². The van der Waals surface area contributed by atoms with Crippen molar-refractivity contribution in [3.05, 3.63) is 0 Å². The maximum Gasteiger partial charge on any atom is 0.320 e. The van der Waals surface area contributed by atoms with Gasteiger partial charge in [-0.05, 0) is 56.3 Å². The Balaban J connectivity index is 1.41. The van der Waals surface area contributed by atoms with Crippen LogP contribution in [0.25, 0.3) is 0 Å². The van der Waals surface area contributed by atoms with Gasteiger partial charge in [-0.15, -0.1) is 0 Å². The summed E-state index contributed by atoms with van der Waals surface area (Å²) >= 11 is 0. The summed E-state index contributed by atoms with van der Waals surface area (Å²) in [6, 6.07) is 0.762. The van der Waals surface area contributed by atoms with Crippen LogP contribution in [0.15, 0.2) is 0 Å². The lowest BCUT2D eigenvalue weighted by Gasteiger charge is -2.59. The van der Waals surface area contributed by atoms with Crippen LogP contribution in [-0.4, -0.2) is 63.4 Å². The summed E-state index contributed by atoms with van der Waals surface area (Å²) in [7, 11) is 0. The fourth-order valence-corrected chi connectivity index (χ4v) is 6.77. The van der Waals surface area contributed by atoms with E-state index < -0.39 is 5.60 Å². The van der Waals surface area contributed by atoms with E-state index in [4.69, 9.17) is 0 Å². The van der Waals surface area contributed by atoms with Crippen LogP contribution in [0.2, 0.25) is 0 Å². The molecule has 0 aromatic heterocycles. The molecule has 4 aliphatic carbocycles. The van der Waals surface area contributed by atoms with E-state index >= 15 is 0 Å². The van der Waals surface area contributed by atoms with Crippen LogP contribution >= 0.6 is 0 Å². The minimum absolute atomic E-state index is 0.196. The van der Waals surface area contributed by atoms with Crippen molar-refractivity contribution in [1.29, 1.82) is 0 Å². The quantitative estimate of drug-likeness (QED) is 0.801. The molecule has 5 heteroatoms. The Morgan fingerprint density at radius 2 is 1.86 bits per heavy atom. The highest BCUT2D eigenvalue weighted by Crippen LogP contribution is 2.57. The first-order chi connectivity index (χ1) is 10.6. The zero-order valence-corrected chi connectivity index (χ0v) is 13.0. The van der Waals surface area contributed by atoms with E-state index in [2.05, 4.69) is 4.90 Å². The van der Waals surface area contributed by atoms with Crippen LogP contribution in [0.1, 0.15) is 38.5 Å². The lowest BCUT2D eigenvalue weighted by atomic mass is 9.52. The third-order valence-corrected chi connectivity index (χ3v) is 7.35. The molecule has 4 bridgehead atoms. The first kappa shape index (κ1) is 13.6. The Bertz CT molecular complexity index is 494. The average molecular weight is 306 g/mol. The first-order valence-corrected chi connectivity index (χ1v) is 8.98. The number of hydrogen-bond acceptors (Lipinski definition) is 3. The molecule has 6 fully saturated rings. The fourth-order valence-electron chi connectivity index (χ4n) is 6.77. The molecule has 3 unspecified atom stereocenters. The molecule has 2 N–H and O–H groups in total. The Morgan fingerprint density at radius 3 is 2.50 bits per heavy atom. The highest BCUT2D eigenvalue weighted by Gasteiger charge is 2.59. The SMILES string of the molecule is O=C1N(C2C3CC4CC2CC(O)(C4)C3)C[C@H]2C(CO)CCN12. The summed E-state index contributed by atoms with van der Waals surface area (Å²) in [5.41, 5.74) is -0.431. The number of nitrogens with zero attached hydrogens (tertiary/aromatic N) is 2. The highest BCUT2D eigenvalue weighted by atomic mass is 16.3. The number of fused-ring (bicyclic) bond motifs is 1. The smallest absolute Gasteiger partial charge is 0.320 e. The highest BCUT2D eigenvalue weighted by molar-refractivity contribution is 5.78. The molecule has 6 aliphatic rings. The number of carbonyl (C=O) groups excluding carboxylic acids is 1. The minimum Gasteiger partial charge on any atom is -0.396 e. The first-order valence-electron chi connectivity index (χ1n) is 8.98. The van der Waals surface area contributed by atoms with Gasteiger partial charge in [0.15, 0.2) is 0 Å². The number of urea groups is 1. The van der Waals surface area contributed by atoms with E-state index in [9.17, 15) is 15.0 Å². The molecular formula is C17H26N2O3. The van der Waals surface area contributed by atoms with Crippen molar-refractivity contribution in [2.75, 3.05) is 19.7 Å². The monoisotopic (exact) mass is 306 g/mol. The molecule has 2 amide bonds. The third kappa shape index (κ3) is 1.70. The maximum absolute atomic E-state index is 12.9. The van der Waals surface area contributed by atoms with Crippen molar-refractivity contribution in [2.45, 2.75) is 56.2 Å². The second-order valence-electron chi connectivity index (χ2n) is 8.61. The van der Waals surface area contributed by atoms with Crippen molar-refractivity contribution in [3.8, 4) is 0 Å². The second kappa shape index (κ2) is 4.38. The Labute approximate surface area is 131 Å². The van der Waals surface area contributed by atoms with Gasteiger partial charge >= 0.3 is 6.03 Å². The molecule has 0 aromatic rings. The predicted molar refractivity (Wildman–Crippen MR) is 80.1 cm³/mol. The Hall–Kier alpha value is -0.810. The van der Waals surface area contributed by atoms with Crippen LogP contribution in [0.3, 0.4) is 0 Å². The Kier molecular flexibility index (Phi) is 2.71. The molecule has 4 saturated carbocycles. The zero-order valence-electron chi connectivity index (χ0n) is 13.0.